The second-order valence-electron chi connectivity index (χ2n) is 5.60. The van der Waals surface area contributed by atoms with Crippen LogP contribution in [0.5, 0.6) is 0 Å². The number of aromatic amines is 1. The molecule has 2 N–H and O–H groups in total. The van der Waals surface area contributed by atoms with Crippen LogP contribution in [-0.2, 0) is 6.54 Å². The minimum atomic E-state index is -0.427. The van der Waals surface area contributed by atoms with Crippen molar-refractivity contribution in [2.45, 2.75) is 13.5 Å². The first-order valence-corrected chi connectivity index (χ1v) is 8.65. The maximum atomic E-state index is 14.1. The minimum absolute atomic E-state index is 0.150. The van der Waals surface area contributed by atoms with Crippen LogP contribution in [0.3, 0.4) is 0 Å². The number of aromatic nitrogens is 2. The van der Waals surface area contributed by atoms with Crippen molar-refractivity contribution in [3.8, 4) is 11.3 Å². The van der Waals surface area contributed by atoms with E-state index in [2.05, 4.69) is 10.2 Å². The highest BCUT2D eigenvalue weighted by atomic mass is 32.1. The van der Waals surface area contributed by atoms with Crippen molar-refractivity contribution >= 4 is 17.2 Å². The Bertz CT molecular complexity index is 875. The molecule has 0 fully saturated rings. The molecule has 0 aliphatic heterocycles. The lowest BCUT2D eigenvalue weighted by Gasteiger charge is -2.21. The van der Waals surface area contributed by atoms with Gasteiger partial charge in [0.25, 0.3) is 5.91 Å². The maximum absolute atomic E-state index is 14.1. The van der Waals surface area contributed by atoms with E-state index in [1.165, 1.54) is 12.3 Å². The smallest absolute Gasteiger partial charge is 0.258 e. The molecule has 25 heavy (non-hydrogen) atoms. The van der Waals surface area contributed by atoms with Gasteiger partial charge in [-0.2, -0.15) is 5.10 Å². The van der Waals surface area contributed by atoms with Crippen LogP contribution in [0.1, 0.15) is 20.1 Å². The normalized spacial score (nSPS) is 10.8. The monoisotopic (exact) mass is 359 g/mol. The highest BCUT2D eigenvalue weighted by molar-refractivity contribution is 7.11. The van der Waals surface area contributed by atoms with Gasteiger partial charge in [0.15, 0.2) is 0 Å². The molecule has 0 spiro atoms. The van der Waals surface area contributed by atoms with Crippen molar-refractivity contribution in [1.29, 1.82) is 0 Å². The number of thiophene rings is 1. The Morgan fingerprint density at radius 2 is 2.12 bits per heavy atom. The van der Waals surface area contributed by atoms with Gasteiger partial charge in [-0.1, -0.05) is 12.1 Å². The van der Waals surface area contributed by atoms with Crippen LogP contribution in [-0.4, -0.2) is 39.3 Å². The van der Waals surface area contributed by atoms with Gasteiger partial charge in [-0.25, -0.2) is 4.39 Å². The van der Waals surface area contributed by atoms with E-state index < -0.39 is 5.82 Å². The molecule has 5 nitrogen and oxygen atoms in total. The van der Waals surface area contributed by atoms with Crippen LogP contribution in [0, 0.1) is 12.7 Å². The summed E-state index contributed by atoms with van der Waals surface area (Å²) in [7, 11) is 0. The van der Waals surface area contributed by atoms with Crippen LogP contribution in [0.15, 0.2) is 42.6 Å². The molecule has 0 aliphatic rings. The summed E-state index contributed by atoms with van der Waals surface area (Å²) in [6, 6.07) is 10.2. The van der Waals surface area contributed by atoms with Gasteiger partial charge < -0.3 is 10.0 Å². The van der Waals surface area contributed by atoms with Crippen molar-refractivity contribution in [2.24, 2.45) is 0 Å². The topological polar surface area (TPSA) is 69.2 Å². The number of nitrogens with zero attached hydrogens (tertiary/aromatic N) is 2. The molecule has 0 radical (unpaired) electrons. The highest BCUT2D eigenvalue weighted by Gasteiger charge is 2.23. The fourth-order valence-corrected chi connectivity index (χ4v) is 3.53. The number of carbonyl (C=O) groups excluding carboxylic acids is 1. The van der Waals surface area contributed by atoms with Crippen LogP contribution < -0.4 is 0 Å². The van der Waals surface area contributed by atoms with Crippen molar-refractivity contribution < 1.29 is 14.3 Å². The number of hydrogen-bond acceptors (Lipinski definition) is 4. The number of carbonyl (C=O) groups is 1. The van der Waals surface area contributed by atoms with Gasteiger partial charge >= 0.3 is 0 Å². The third kappa shape index (κ3) is 3.78. The van der Waals surface area contributed by atoms with Gasteiger partial charge in [-0.3, -0.25) is 9.89 Å². The lowest BCUT2D eigenvalue weighted by molar-refractivity contribution is 0.0710. The number of halogens is 1. The maximum Gasteiger partial charge on any atom is 0.258 e. The minimum Gasteiger partial charge on any atom is -0.395 e. The van der Waals surface area contributed by atoms with Gasteiger partial charge in [-0.15, -0.1) is 11.3 Å². The Morgan fingerprint density at radius 1 is 1.32 bits per heavy atom. The molecule has 0 atom stereocenters. The highest BCUT2D eigenvalue weighted by Crippen LogP contribution is 2.26. The van der Waals surface area contributed by atoms with Gasteiger partial charge in [0.05, 0.1) is 30.6 Å². The number of H-pyrrole nitrogens is 1. The first-order valence-electron chi connectivity index (χ1n) is 7.84. The first kappa shape index (κ1) is 17.3. The molecule has 0 bridgehead atoms. The zero-order valence-corrected chi connectivity index (χ0v) is 14.5. The lowest BCUT2D eigenvalue weighted by atomic mass is 10.1. The van der Waals surface area contributed by atoms with E-state index in [1.54, 1.807) is 34.4 Å². The van der Waals surface area contributed by atoms with E-state index in [4.69, 9.17) is 0 Å². The average Bonchev–Trinajstić information content (AvgIpc) is 3.23. The largest absolute Gasteiger partial charge is 0.395 e. The molecule has 7 heteroatoms. The summed E-state index contributed by atoms with van der Waals surface area (Å²) >= 11 is 1.60. The Kier molecular flexibility index (Phi) is 5.25. The molecule has 130 valence electrons. The van der Waals surface area contributed by atoms with Crippen LogP contribution in [0.25, 0.3) is 11.3 Å². The molecule has 3 aromatic rings. The summed E-state index contributed by atoms with van der Waals surface area (Å²) in [6.07, 6.45) is 1.40. The summed E-state index contributed by atoms with van der Waals surface area (Å²) in [4.78, 5) is 16.7. The molecule has 3 rings (SSSR count). The van der Waals surface area contributed by atoms with Gasteiger partial charge in [0.2, 0.25) is 0 Å². The van der Waals surface area contributed by atoms with E-state index in [-0.39, 0.29) is 24.6 Å². The molecule has 0 saturated carbocycles. The number of benzene rings is 1. The second-order valence-corrected chi connectivity index (χ2v) is 6.97. The van der Waals surface area contributed by atoms with Crippen molar-refractivity contribution in [3.63, 3.8) is 0 Å². The van der Waals surface area contributed by atoms with Crippen LogP contribution in [0.2, 0.25) is 0 Å². The SMILES string of the molecule is Cc1ccc(CN(CCO)C(=O)c2cn[nH]c2-c2ccccc2F)s1. The van der Waals surface area contributed by atoms with Crippen LogP contribution >= 0.6 is 11.3 Å². The number of hydrogen-bond donors (Lipinski definition) is 2. The van der Waals surface area contributed by atoms with Gasteiger partial charge in [0, 0.05) is 21.9 Å². The van der Waals surface area contributed by atoms with Gasteiger partial charge in [-0.05, 0) is 31.2 Å². The molecule has 0 unspecified atom stereocenters. The molecular weight excluding hydrogens is 341 g/mol. The quantitative estimate of drug-likeness (QED) is 0.710. The third-order valence-corrected chi connectivity index (χ3v) is 4.80. The Balaban J connectivity index is 1.91. The molecule has 2 aromatic heterocycles. The Labute approximate surface area is 148 Å². The lowest BCUT2D eigenvalue weighted by Crippen LogP contribution is -2.33. The number of aliphatic hydroxyl groups excluding tert-OH is 1. The number of aliphatic hydroxyl groups is 1. The van der Waals surface area contributed by atoms with Crippen molar-refractivity contribution in [2.75, 3.05) is 13.2 Å². The zero-order chi connectivity index (χ0) is 17.8. The molecule has 0 aliphatic carbocycles. The summed E-state index contributed by atoms with van der Waals surface area (Å²) in [5, 5.41) is 15.9. The molecule has 0 saturated heterocycles. The standard InChI is InChI=1S/C18H18FN3O2S/c1-12-6-7-13(25-12)11-22(8-9-23)18(24)15-10-20-21-17(15)14-4-2-3-5-16(14)19/h2-7,10,23H,8-9,11H2,1H3,(H,20,21). The van der Waals surface area contributed by atoms with Crippen LogP contribution in [0.4, 0.5) is 4.39 Å². The third-order valence-electron chi connectivity index (χ3n) is 3.81. The van der Waals surface area contributed by atoms with Crippen molar-refractivity contribution in [3.05, 3.63) is 63.7 Å². The molecule has 1 aromatic carbocycles. The van der Waals surface area contributed by atoms with E-state index in [0.717, 1.165) is 9.75 Å². The molecular formula is C18H18FN3O2S. The number of amides is 1. The Morgan fingerprint density at radius 3 is 2.80 bits per heavy atom. The summed E-state index contributed by atoms with van der Waals surface area (Å²) in [5.74, 6) is -0.726. The van der Waals surface area contributed by atoms with E-state index >= 15 is 0 Å². The summed E-state index contributed by atoms with van der Waals surface area (Å²) < 4.78 is 14.1. The van der Waals surface area contributed by atoms with Gasteiger partial charge in [0.1, 0.15) is 5.82 Å². The fraction of sp³-hybridized carbons (Fsp3) is 0.222. The first-order chi connectivity index (χ1) is 12.1. The fourth-order valence-electron chi connectivity index (χ4n) is 2.62. The van der Waals surface area contributed by atoms with Crippen molar-refractivity contribution in [1.82, 2.24) is 15.1 Å². The average molecular weight is 359 g/mol. The zero-order valence-electron chi connectivity index (χ0n) is 13.7. The molecule has 2 heterocycles. The number of rotatable bonds is 6. The molecule has 1 amide bonds. The predicted octanol–water partition coefficient (Wildman–Crippen LogP) is 3.22. The number of aryl methyl sites for hydroxylation is 1. The second kappa shape index (κ2) is 7.58. The van der Waals surface area contributed by atoms with E-state index in [9.17, 15) is 14.3 Å². The summed E-state index contributed by atoms with van der Waals surface area (Å²) in [6.45, 7) is 2.43. The Hall–Kier alpha value is -2.51. The summed E-state index contributed by atoms with van der Waals surface area (Å²) in [5.41, 5.74) is 0.916. The predicted molar refractivity (Wildman–Crippen MR) is 94.9 cm³/mol. The van der Waals surface area contributed by atoms with E-state index in [0.29, 0.717) is 17.8 Å². The van der Waals surface area contributed by atoms with E-state index in [1.807, 2.05) is 19.1 Å². The number of nitrogens with one attached hydrogen (secondary N) is 1.